The summed E-state index contributed by atoms with van der Waals surface area (Å²) in [6.45, 7) is 3.97. The Morgan fingerprint density at radius 1 is 0.647 bits per heavy atom. The molecular formula is C14H30O2S. The molecule has 0 aliphatic carbocycles. The van der Waals surface area contributed by atoms with Gasteiger partial charge in [-0.2, -0.15) is 0 Å². The third kappa shape index (κ3) is 12.2. The van der Waals surface area contributed by atoms with E-state index in [2.05, 4.69) is 6.92 Å². The zero-order chi connectivity index (χ0) is 13.0. The standard InChI is InChI=1S/C14H30O2S/c1-3-5-6-7-8-9-10-11-12-13-14-17(15,16)4-2/h3-14H2,1-2H3. The highest BCUT2D eigenvalue weighted by Crippen LogP contribution is 2.10. The monoisotopic (exact) mass is 262 g/mol. The third-order valence-corrected chi connectivity index (χ3v) is 5.04. The molecule has 0 aliphatic heterocycles. The molecule has 0 radical (unpaired) electrons. The molecule has 2 nitrogen and oxygen atoms in total. The minimum atomic E-state index is -2.73. The maximum atomic E-state index is 11.2. The minimum absolute atomic E-state index is 0.296. The Bertz CT molecular complexity index is 245. The van der Waals surface area contributed by atoms with Crippen LogP contribution in [0.5, 0.6) is 0 Å². The smallest absolute Gasteiger partial charge is 0.150 e. The van der Waals surface area contributed by atoms with E-state index >= 15 is 0 Å². The van der Waals surface area contributed by atoms with Crippen LogP contribution in [0.4, 0.5) is 0 Å². The fraction of sp³-hybridized carbons (Fsp3) is 1.00. The third-order valence-electron chi connectivity index (χ3n) is 3.25. The van der Waals surface area contributed by atoms with Gasteiger partial charge in [0.2, 0.25) is 0 Å². The quantitative estimate of drug-likeness (QED) is 0.490. The van der Waals surface area contributed by atoms with Crippen LogP contribution in [0.2, 0.25) is 0 Å². The minimum Gasteiger partial charge on any atom is -0.229 e. The maximum Gasteiger partial charge on any atom is 0.150 e. The molecule has 0 aromatic carbocycles. The van der Waals surface area contributed by atoms with Crippen LogP contribution >= 0.6 is 0 Å². The summed E-state index contributed by atoms with van der Waals surface area (Å²) in [4.78, 5) is 0. The van der Waals surface area contributed by atoms with Gasteiger partial charge in [0.15, 0.2) is 0 Å². The van der Waals surface area contributed by atoms with Crippen molar-refractivity contribution in [3.63, 3.8) is 0 Å². The predicted octanol–water partition coefficient (Wildman–Crippen LogP) is 4.34. The molecule has 3 heteroatoms. The van der Waals surface area contributed by atoms with Crippen molar-refractivity contribution in [1.82, 2.24) is 0 Å². The molecule has 0 aromatic rings. The van der Waals surface area contributed by atoms with E-state index in [0.717, 1.165) is 12.8 Å². The van der Waals surface area contributed by atoms with E-state index in [1.807, 2.05) is 0 Å². The van der Waals surface area contributed by atoms with Crippen molar-refractivity contribution in [1.29, 1.82) is 0 Å². The van der Waals surface area contributed by atoms with Gasteiger partial charge in [0, 0.05) is 5.75 Å². The van der Waals surface area contributed by atoms with Crippen molar-refractivity contribution in [3.05, 3.63) is 0 Å². The summed E-state index contributed by atoms with van der Waals surface area (Å²) in [5.41, 5.74) is 0. The second-order valence-corrected chi connectivity index (χ2v) is 7.39. The van der Waals surface area contributed by atoms with Crippen LogP contribution in [0.25, 0.3) is 0 Å². The fourth-order valence-electron chi connectivity index (χ4n) is 1.95. The molecule has 0 saturated carbocycles. The summed E-state index contributed by atoms with van der Waals surface area (Å²) < 4.78 is 22.5. The average Bonchev–Trinajstić information content (AvgIpc) is 2.31. The SMILES string of the molecule is CCCCCCCCCCCCS(=O)(=O)CC. The average molecular weight is 262 g/mol. The van der Waals surface area contributed by atoms with Gasteiger partial charge in [-0.15, -0.1) is 0 Å². The molecule has 0 heterocycles. The summed E-state index contributed by atoms with van der Waals surface area (Å²) in [6, 6.07) is 0. The molecule has 0 N–H and O–H groups in total. The summed E-state index contributed by atoms with van der Waals surface area (Å²) in [6.07, 6.45) is 12.5. The number of unbranched alkanes of at least 4 members (excludes halogenated alkanes) is 9. The molecule has 0 bridgehead atoms. The molecule has 0 aliphatic rings. The number of hydrogen-bond donors (Lipinski definition) is 0. The van der Waals surface area contributed by atoms with Crippen LogP contribution < -0.4 is 0 Å². The van der Waals surface area contributed by atoms with Gasteiger partial charge >= 0.3 is 0 Å². The predicted molar refractivity (Wildman–Crippen MR) is 76.2 cm³/mol. The molecule has 0 atom stereocenters. The molecule has 0 fully saturated rings. The van der Waals surface area contributed by atoms with Crippen LogP contribution in [0.3, 0.4) is 0 Å². The Kier molecular flexibility index (Phi) is 11.0. The first kappa shape index (κ1) is 16.9. The van der Waals surface area contributed by atoms with E-state index in [0.29, 0.717) is 11.5 Å². The summed E-state index contributed by atoms with van der Waals surface area (Å²) in [7, 11) is -2.73. The zero-order valence-corrected chi connectivity index (χ0v) is 12.5. The molecule has 0 amide bonds. The molecule has 104 valence electrons. The van der Waals surface area contributed by atoms with Gasteiger partial charge in [-0.1, -0.05) is 71.6 Å². The molecule has 0 saturated heterocycles. The molecule has 17 heavy (non-hydrogen) atoms. The number of sulfone groups is 1. The van der Waals surface area contributed by atoms with Gasteiger partial charge in [-0.3, -0.25) is 0 Å². The van der Waals surface area contributed by atoms with Gasteiger partial charge in [0.05, 0.1) is 5.75 Å². The lowest BCUT2D eigenvalue weighted by Gasteiger charge is -2.02. The van der Waals surface area contributed by atoms with Gasteiger partial charge in [0.25, 0.3) is 0 Å². The lowest BCUT2D eigenvalue weighted by molar-refractivity contribution is 0.558. The van der Waals surface area contributed by atoms with E-state index in [1.54, 1.807) is 6.92 Å². The van der Waals surface area contributed by atoms with E-state index in [-0.39, 0.29) is 0 Å². The highest BCUT2D eigenvalue weighted by molar-refractivity contribution is 7.91. The topological polar surface area (TPSA) is 34.1 Å². The first-order chi connectivity index (χ1) is 8.12. The highest BCUT2D eigenvalue weighted by Gasteiger charge is 2.05. The van der Waals surface area contributed by atoms with Gasteiger partial charge in [-0.05, 0) is 6.42 Å². The molecule has 0 rings (SSSR count). The Morgan fingerprint density at radius 3 is 1.47 bits per heavy atom. The van der Waals surface area contributed by atoms with Gasteiger partial charge in [-0.25, -0.2) is 8.42 Å². The molecular weight excluding hydrogens is 232 g/mol. The normalized spacial score (nSPS) is 11.9. The Labute approximate surface area is 108 Å². The van der Waals surface area contributed by atoms with Crippen molar-refractivity contribution in [2.24, 2.45) is 0 Å². The lowest BCUT2D eigenvalue weighted by atomic mass is 10.1. The number of hydrogen-bond acceptors (Lipinski definition) is 2. The first-order valence-corrected chi connectivity index (χ1v) is 9.15. The van der Waals surface area contributed by atoms with Crippen molar-refractivity contribution in [2.45, 2.75) is 78.1 Å². The Balaban J connectivity index is 3.14. The van der Waals surface area contributed by atoms with Crippen molar-refractivity contribution >= 4 is 9.84 Å². The second kappa shape index (κ2) is 11.1. The maximum absolute atomic E-state index is 11.2. The number of rotatable bonds is 12. The van der Waals surface area contributed by atoms with Crippen LogP contribution in [0.1, 0.15) is 78.1 Å². The lowest BCUT2D eigenvalue weighted by Crippen LogP contribution is -2.08. The first-order valence-electron chi connectivity index (χ1n) is 7.32. The van der Waals surface area contributed by atoms with E-state index in [1.165, 1.54) is 51.4 Å². The zero-order valence-electron chi connectivity index (χ0n) is 11.7. The highest BCUT2D eigenvalue weighted by atomic mass is 32.2. The van der Waals surface area contributed by atoms with Crippen LogP contribution in [0, 0.1) is 0 Å². The van der Waals surface area contributed by atoms with Gasteiger partial charge in [0.1, 0.15) is 9.84 Å². The van der Waals surface area contributed by atoms with Crippen molar-refractivity contribution < 1.29 is 8.42 Å². The van der Waals surface area contributed by atoms with Crippen molar-refractivity contribution in [2.75, 3.05) is 11.5 Å². The molecule has 0 spiro atoms. The molecule has 0 aromatic heterocycles. The summed E-state index contributed by atoms with van der Waals surface area (Å²) in [5, 5.41) is 0. The van der Waals surface area contributed by atoms with E-state index in [4.69, 9.17) is 0 Å². The van der Waals surface area contributed by atoms with Crippen molar-refractivity contribution in [3.8, 4) is 0 Å². The molecule has 0 unspecified atom stereocenters. The van der Waals surface area contributed by atoms with Crippen LogP contribution in [-0.2, 0) is 9.84 Å². The van der Waals surface area contributed by atoms with Crippen LogP contribution in [-0.4, -0.2) is 19.9 Å². The fourth-order valence-corrected chi connectivity index (χ4v) is 2.89. The Morgan fingerprint density at radius 2 is 1.06 bits per heavy atom. The summed E-state index contributed by atoms with van der Waals surface area (Å²) >= 11 is 0. The Hall–Kier alpha value is -0.0500. The van der Waals surface area contributed by atoms with E-state index < -0.39 is 9.84 Å². The van der Waals surface area contributed by atoms with Gasteiger partial charge < -0.3 is 0 Å². The largest absolute Gasteiger partial charge is 0.229 e. The second-order valence-electron chi connectivity index (χ2n) is 4.92. The van der Waals surface area contributed by atoms with E-state index in [9.17, 15) is 8.42 Å². The summed E-state index contributed by atoms with van der Waals surface area (Å²) in [5.74, 6) is 0.685. The van der Waals surface area contributed by atoms with Crippen LogP contribution in [0.15, 0.2) is 0 Å².